The zero-order chi connectivity index (χ0) is 14.7. The molecule has 3 rings (SSSR count). The number of hydrogen-bond donors (Lipinski definition) is 1. The average Bonchev–Trinajstić information content (AvgIpc) is 3.16. The van der Waals surface area contributed by atoms with Gasteiger partial charge in [-0.15, -0.1) is 0 Å². The Kier molecular flexibility index (Phi) is 3.96. The van der Waals surface area contributed by atoms with Crippen LogP contribution < -0.4 is 5.32 Å². The number of aromatic nitrogens is 3. The molecule has 0 aromatic carbocycles. The van der Waals surface area contributed by atoms with Gasteiger partial charge in [-0.25, -0.2) is 0 Å². The van der Waals surface area contributed by atoms with Crippen LogP contribution in [0.1, 0.15) is 12.0 Å². The van der Waals surface area contributed by atoms with Gasteiger partial charge in [-0.2, -0.15) is 5.10 Å². The first-order chi connectivity index (χ1) is 10.2. The van der Waals surface area contributed by atoms with Crippen molar-refractivity contribution in [1.82, 2.24) is 20.1 Å². The van der Waals surface area contributed by atoms with Gasteiger partial charge in [-0.3, -0.25) is 14.5 Å². The Morgan fingerprint density at radius 1 is 1.57 bits per heavy atom. The van der Waals surface area contributed by atoms with Crippen LogP contribution in [0, 0.1) is 5.92 Å². The molecule has 1 aliphatic heterocycles. The number of pyridine rings is 1. The number of carbonyl (C=O) groups is 1. The fourth-order valence-corrected chi connectivity index (χ4v) is 2.45. The van der Waals surface area contributed by atoms with E-state index in [4.69, 9.17) is 4.74 Å². The van der Waals surface area contributed by atoms with Gasteiger partial charge < -0.3 is 10.1 Å². The Morgan fingerprint density at radius 2 is 2.48 bits per heavy atom. The summed E-state index contributed by atoms with van der Waals surface area (Å²) in [7, 11) is 1.87. The molecule has 6 heteroatoms. The van der Waals surface area contributed by atoms with Crippen LogP contribution in [0.3, 0.4) is 0 Å². The normalized spacial score (nSPS) is 17.9. The van der Waals surface area contributed by atoms with E-state index in [1.54, 1.807) is 17.1 Å². The second-order valence-electron chi connectivity index (χ2n) is 5.19. The van der Waals surface area contributed by atoms with Crippen LogP contribution in [0.15, 0.2) is 30.7 Å². The lowest BCUT2D eigenvalue weighted by Gasteiger charge is -2.11. The molecular formula is C15H18N4O2. The van der Waals surface area contributed by atoms with Crippen LogP contribution in [0.25, 0.3) is 11.3 Å². The van der Waals surface area contributed by atoms with Gasteiger partial charge in [0.15, 0.2) is 0 Å². The highest BCUT2D eigenvalue weighted by Crippen LogP contribution is 2.20. The second-order valence-corrected chi connectivity index (χ2v) is 5.19. The lowest BCUT2D eigenvalue weighted by molar-refractivity contribution is -0.125. The molecule has 1 amide bonds. The first-order valence-electron chi connectivity index (χ1n) is 7.02. The third-order valence-electron chi connectivity index (χ3n) is 3.62. The fraction of sp³-hybridized carbons (Fsp3) is 0.400. The van der Waals surface area contributed by atoms with E-state index in [0.717, 1.165) is 23.2 Å². The molecule has 1 aliphatic rings. The van der Waals surface area contributed by atoms with Crippen molar-refractivity contribution in [3.63, 3.8) is 0 Å². The molecule has 1 atom stereocenters. The topological polar surface area (TPSA) is 69.0 Å². The van der Waals surface area contributed by atoms with Crippen molar-refractivity contribution in [2.24, 2.45) is 13.0 Å². The predicted octanol–water partition coefficient (Wildman–Crippen LogP) is 1.13. The van der Waals surface area contributed by atoms with Crippen molar-refractivity contribution < 1.29 is 9.53 Å². The number of aryl methyl sites for hydroxylation is 1. The Bertz CT molecular complexity index is 632. The van der Waals surface area contributed by atoms with Gasteiger partial charge in [0.25, 0.3) is 0 Å². The van der Waals surface area contributed by atoms with Crippen LogP contribution >= 0.6 is 0 Å². The van der Waals surface area contributed by atoms with Gasteiger partial charge in [0.1, 0.15) is 0 Å². The van der Waals surface area contributed by atoms with Crippen molar-refractivity contribution >= 4 is 5.91 Å². The van der Waals surface area contributed by atoms with E-state index in [1.165, 1.54) is 0 Å². The lowest BCUT2D eigenvalue weighted by atomic mass is 10.1. The molecule has 0 radical (unpaired) electrons. The molecule has 2 aromatic heterocycles. The summed E-state index contributed by atoms with van der Waals surface area (Å²) >= 11 is 0. The maximum atomic E-state index is 12.0. The molecule has 1 saturated heterocycles. The third-order valence-corrected chi connectivity index (χ3v) is 3.62. The quantitative estimate of drug-likeness (QED) is 0.915. The van der Waals surface area contributed by atoms with E-state index < -0.39 is 0 Å². The van der Waals surface area contributed by atoms with Crippen molar-refractivity contribution in [2.75, 3.05) is 13.2 Å². The molecular weight excluding hydrogens is 268 g/mol. The van der Waals surface area contributed by atoms with E-state index in [2.05, 4.69) is 15.4 Å². The SMILES string of the molecule is Cn1cc(-c2ncccc2CNC(=O)C2CCOC2)cn1. The van der Waals surface area contributed by atoms with Crippen LogP contribution in [0.2, 0.25) is 0 Å². The summed E-state index contributed by atoms with van der Waals surface area (Å²) in [5, 5.41) is 7.14. The van der Waals surface area contributed by atoms with Gasteiger partial charge in [0.05, 0.1) is 24.4 Å². The monoisotopic (exact) mass is 286 g/mol. The van der Waals surface area contributed by atoms with E-state index in [-0.39, 0.29) is 11.8 Å². The highest BCUT2D eigenvalue weighted by Gasteiger charge is 2.23. The number of nitrogens with zero attached hydrogens (tertiary/aromatic N) is 3. The predicted molar refractivity (Wildman–Crippen MR) is 77.2 cm³/mol. The Labute approximate surface area is 123 Å². The summed E-state index contributed by atoms with van der Waals surface area (Å²) in [4.78, 5) is 16.5. The number of rotatable bonds is 4. The second kappa shape index (κ2) is 6.05. The molecule has 0 bridgehead atoms. The summed E-state index contributed by atoms with van der Waals surface area (Å²) in [5.74, 6) is 0.0250. The molecule has 0 saturated carbocycles. The first-order valence-corrected chi connectivity index (χ1v) is 7.02. The summed E-state index contributed by atoms with van der Waals surface area (Å²) in [6.45, 7) is 1.66. The maximum Gasteiger partial charge on any atom is 0.225 e. The standard InChI is InChI=1S/C15H18N4O2/c1-19-9-13(8-18-19)14-11(3-2-5-16-14)7-17-15(20)12-4-6-21-10-12/h2-3,5,8-9,12H,4,6-7,10H2,1H3,(H,17,20). The molecule has 1 unspecified atom stereocenters. The molecule has 6 nitrogen and oxygen atoms in total. The number of amides is 1. The molecule has 1 fully saturated rings. The number of nitrogens with one attached hydrogen (secondary N) is 1. The highest BCUT2D eigenvalue weighted by atomic mass is 16.5. The average molecular weight is 286 g/mol. The molecule has 1 N–H and O–H groups in total. The van der Waals surface area contributed by atoms with Crippen LogP contribution in [0.4, 0.5) is 0 Å². The number of carbonyl (C=O) groups excluding carboxylic acids is 1. The third kappa shape index (κ3) is 3.11. The van der Waals surface area contributed by atoms with Gasteiger partial charge in [0, 0.05) is 38.2 Å². The minimum absolute atomic E-state index is 0.0245. The van der Waals surface area contributed by atoms with E-state index in [0.29, 0.717) is 19.8 Å². The summed E-state index contributed by atoms with van der Waals surface area (Å²) < 4.78 is 6.98. The summed E-state index contributed by atoms with van der Waals surface area (Å²) in [6.07, 6.45) is 6.24. The maximum absolute atomic E-state index is 12.0. The molecule has 0 aliphatic carbocycles. The van der Waals surface area contributed by atoms with Crippen molar-refractivity contribution in [2.45, 2.75) is 13.0 Å². The van der Waals surface area contributed by atoms with Crippen LogP contribution in [-0.4, -0.2) is 33.9 Å². The lowest BCUT2D eigenvalue weighted by Crippen LogP contribution is -2.30. The molecule has 2 aromatic rings. The van der Waals surface area contributed by atoms with E-state index >= 15 is 0 Å². The largest absolute Gasteiger partial charge is 0.381 e. The Hall–Kier alpha value is -2.21. The van der Waals surface area contributed by atoms with Gasteiger partial charge >= 0.3 is 0 Å². The summed E-state index contributed by atoms with van der Waals surface area (Å²) in [5.41, 5.74) is 2.79. The van der Waals surface area contributed by atoms with Gasteiger partial charge in [-0.1, -0.05) is 6.07 Å². The van der Waals surface area contributed by atoms with Crippen molar-refractivity contribution in [3.8, 4) is 11.3 Å². The van der Waals surface area contributed by atoms with Crippen LogP contribution in [-0.2, 0) is 23.1 Å². The number of hydrogen-bond acceptors (Lipinski definition) is 4. The molecule has 0 spiro atoms. The van der Waals surface area contributed by atoms with E-state index in [9.17, 15) is 4.79 Å². The number of ether oxygens (including phenoxy) is 1. The van der Waals surface area contributed by atoms with Gasteiger partial charge in [0.2, 0.25) is 5.91 Å². The first kappa shape index (κ1) is 13.8. The van der Waals surface area contributed by atoms with E-state index in [1.807, 2.05) is 25.4 Å². The Morgan fingerprint density at radius 3 is 3.19 bits per heavy atom. The molecule has 3 heterocycles. The molecule has 110 valence electrons. The van der Waals surface area contributed by atoms with Crippen molar-refractivity contribution in [3.05, 3.63) is 36.3 Å². The fourth-order valence-electron chi connectivity index (χ4n) is 2.45. The smallest absolute Gasteiger partial charge is 0.225 e. The minimum Gasteiger partial charge on any atom is -0.381 e. The zero-order valence-electron chi connectivity index (χ0n) is 12.0. The van der Waals surface area contributed by atoms with Crippen molar-refractivity contribution in [1.29, 1.82) is 0 Å². The Balaban J connectivity index is 1.72. The molecule has 21 heavy (non-hydrogen) atoms. The summed E-state index contributed by atoms with van der Waals surface area (Å²) in [6, 6.07) is 3.85. The van der Waals surface area contributed by atoms with Gasteiger partial charge in [-0.05, 0) is 18.1 Å². The zero-order valence-corrected chi connectivity index (χ0v) is 12.0. The highest BCUT2D eigenvalue weighted by molar-refractivity contribution is 5.79. The minimum atomic E-state index is -0.0245. The van der Waals surface area contributed by atoms with Crippen LogP contribution in [0.5, 0.6) is 0 Å².